The first-order chi connectivity index (χ1) is 9.01. The number of carbonyl (C=O) groups excluding carboxylic acids is 1. The number of ether oxygens (including phenoxy) is 2. The van der Waals surface area contributed by atoms with Crippen LogP contribution >= 0.6 is 11.8 Å². The molecule has 0 aliphatic rings. The lowest BCUT2D eigenvalue weighted by Crippen LogP contribution is -2.13. The number of aliphatic carboxylic acids is 1. The Balaban J connectivity index is 2.89. The number of benzene rings is 1. The van der Waals surface area contributed by atoms with Crippen molar-refractivity contribution in [2.24, 2.45) is 5.92 Å². The van der Waals surface area contributed by atoms with E-state index >= 15 is 0 Å². The normalized spacial score (nSPS) is 11.7. The Kier molecular flexibility index (Phi) is 5.69. The fourth-order valence-corrected chi connectivity index (χ4v) is 2.29. The molecular formula is C13H16O5S. The fraction of sp³-hybridized carbons (Fsp3) is 0.385. The molecule has 6 heteroatoms. The van der Waals surface area contributed by atoms with E-state index in [2.05, 4.69) is 0 Å². The summed E-state index contributed by atoms with van der Waals surface area (Å²) in [5.74, 6) is -0.475. The molecule has 5 nitrogen and oxygen atoms in total. The Morgan fingerprint density at radius 3 is 2.21 bits per heavy atom. The van der Waals surface area contributed by atoms with Gasteiger partial charge in [0.05, 0.1) is 20.1 Å². The molecule has 1 aromatic rings. The van der Waals surface area contributed by atoms with E-state index in [0.717, 1.165) is 11.8 Å². The molecule has 0 spiro atoms. The van der Waals surface area contributed by atoms with Crippen LogP contribution in [-0.2, 0) is 4.79 Å². The summed E-state index contributed by atoms with van der Waals surface area (Å²) in [7, 11) is 2.94. The standard InChI is InChI=1S/C13H16O5S/c1-8(12(14)15)7-19-13(16)11-9(17-2)5-4-6-10(11)18-3/h4-6,8H,7H2,1-3H3,(H,14,15)/t8-/m1/s1. The molecule has 0 saturated heterocycles. The number of hydrogen-bond acceptors (Lipinski definition) is 5. The second-order valence-corrected chi connectivity index (χ2v) is 4.87. The monoisotopic (exact) mass is 284 g/mol. The molecule has 1 aromatic carbocycles. The lowest BCUT2D eigenvalue weighted by Gasteiger charge is -2.12. The number of hydrogen-bond donors (Lipinski definition) is 1. The molecule has 1 rings (SSSR count). The first-order valence-electron chi connectivity index (χ1n) is 5.62. The number of carboxylic acid groups (broad SMARTS) is 1. The Morgan fingerprint density at radius 1 is 1.26 bits per heavy atom. The van der Waals surface area contributed by atoms with Gasteiger partial charge in [-0.2, -0.15) is 0 Å². The number of rotatable bonds is 6. The van der Waals surface area contributed by atoms with Crippen LogP contribution in [0.1, 0.15) is 17.3 Å². The molecule has 104 valence electrons. The molecule has 0 fully saturated rings. The fourth-order valence-electron chi connectivity index (χ4n) is 1.40. The van der Waals surface area contributed by atoms with Crippen molar-refractivity contribution in [1.29, 1.82) is 0 Å². The molecule has 0 heterocycles. The van der Waals surface area contributed by atoms with E-state index in [4.69, 9.17) is 14.6 Å². The highest BCUT2D eigenvalue weighted by atomic mass is 32.2. The van der Waals surface area contributed by atoms with Crippen molar-refractivity contribution in [2.75, 3.05) is 20.0 Å². The van der Waals surface area contributed by atoms with Gasteiger partial charge in [-0.15, -0.1) is 0 Å². The van der Waals surface area contributed by atoms with Crippen molar-refractivity contribution >= 4 is 22.8 Å². The van der Waals surface area contributed by atoms with Crippen molar-refractivity contribution in [1.82, 2.24) is 0 Å². The number of carbonyl (C=O) groups is 2. The molecule has 1 atom stereocenters. The predicted octanol–water partition coefficient (Wildman–Crippen LogP) is 2.30. The average Bonchev–Trinajstić information content (AvgIpc) is 2.42. The summed E-state index contributed by atoms with van der Waals surface area (Å²) in [6, 6.07) is 5.05. The van der Waals surface area contributed by atoms with Crippen molar-refractivity contribution in [3.63, 3.8) is 0 Å². The highest BCUT2D eigenvalue weighted by Gasteiger charge is 2.21. The van der Waals surface area contributed by atoms with E-state index in [-0.39, 0.29) is 10.9 Å². The smallest absolute Gasteiger partial charge is 0.307 e. The number of carboxylic acids is 1. The Hall–Kier alpha value is -1.69. The summed E-state index contributed by atoms with van der Waals surface area (Å²) in [6.45, 7) is 1.56. The summed E-state index contributed by atoms with van der Waals surface area (Å²) in [5.41, 5.74) is 0.329. The summed E-state index contributed by atoms with van der Waals surface area (Å²) < 4.78 is 10.3. The van der Waals surface area contributed by atoms with Crippen LogP contribution < -0.4 is 9.47 Å². The minimum Gasteiger partial charge on any atom is -0.496 e. The van der Waals surface area contributed by atoms with E-state index in [9.17, 15) is 9.59 Å². The molecule has 19 heavy (non-hydrogen) atoms. The van der Waals surface area contributed by atoms with Gasteiger partial charge in [0.1, 0.15) is 17.1 Å². The SMILES string of the molecule is COc1cccc(OC)c1C(=O)SC[C@@H](C)C(=O)O. The zero-order chi connectivity index (χ0) is 14.4. The van der Waals surface area contributed by atoms with E-state index < -0.39 is 11.9 Å². The average molecular weight is 284 g/mol. The van der Waals surface area contributed by atoms with Gasteiger partial charge in [-0.3, -0.25) is 9.59 Å². The van der Waals surface area contributed by atoms with E-state index in [1.54, 1.807) is 25.1 Å². The molecule has 0 bridgehead atoms. The third-order valence-corrected chi connectivity index (χ3v) is 3.65. The summed E-state index contributed by atoms with van der Waals surface area (Å²) in [6.07, 6.45) is 0. The van der Waals surface area contributed by atoms with Crippen molar-refractivity contribution in [3.05, 3.63) is 23.8 Å². The Bertz CT molecular complexity index is 450. The maximum absolute atomic E-state index is 12.1. The topological polar surface area (TPSA) is 72.8 Å². The van der Waals surface area contributed by atoms with Gasteiger partial charge in [0.2, 0.25) is 5.12 Å². The van der Waals surface area contributed by atoms with Crippen LogP contribution in [0.2, 0.25) is 0 Å². The van der Waals surface area contributed by atoms with Gasteiger partial charge >= 0.3 is 5.97 Å². The van der Waals surface area contributed by atoms with E-state index in [1.807, 2.05) is 0 Å². The van der Waals surface area contributed by atoms with E-state index in [0.29, 0.717) is 17.1 Å². The Labute approximate surface area is 115 Å². The van der Waals surface area contributed by atoms with Crippen molar-refractivity contribution in [2.45, 2.75) is 6.92 Å². The highest BCUT2D eigenvalue weighted by Crippen LogP contribution is 2.32. The quantitative estimate of drug-likeness (QED) is 0.864. The summed E-state index contributed by atoms with van der Waals surface area (Å²) >= 11 is 0.945. The first kappa shape index (κ1) is 15.4. The highest BCUT2D eigenvalue weighted by molar-refractivity contribution is 8.14. The number of methoxy groups -OCH3 is 2. The van der Waals surface area contributed by atoms with Gasteiger partial charge in [0, 0.05) is 5.75 Å². The van der Waals surface area contributed by atoms with Gasteiger partial charge in [-0.25, -0.2) is 0 Å². The second kappa shape index (κ2) is 7.04. The van der Waals surface area contributed by atoms with Crippen LogP contribution in [0.25, 0.3) is 0 Å². The van der Waals surface area contributed by atoms with Crippen LogP contribution in [0.15, 0.2) is 18.2 Å². The molecule has 0 aromatic heterocycles. The molecule has 0 aliphatic carbocycles. The Morgan fingerprint density at radius 2 is 1.79 bits per heavy atom. The molecule has 0 amide bonds. The molecule has 0 unspecified atom stereocenters. The molecular weight excluding hydrogens is 268 g/mol. The third kappa shape index (κ3) is 3.89. The molecule has 0 radical (unpaired) electrons. The minimum atomic E-state index is -0.924. The second-order valence-electron chi connectivity index (χ2n) is 3.88. The van der Waals surface area contributed by atoms with Crippen LogP contribution in [0.3, 0.4) is 0 Å². The maximum atomic E-state index is 12.1. The minimum absolute atomic E-state index is 0.204. The zero-order valence-electron chi connectivity index (χ0n) is 11.0. The van der Waals surface area contributed by atoms with Crippen molar-refractivity contribution < 1.29 is 24.2 Å². The van der Waals surface area contributed by atoms with Crippen molar-refractivity contribution in [3.8, 4) is 11.5 Å². The third-order valence-electron chi connectivity index (χ3n) is 2.52. The lowest BCUT2D eigenvalue weighted by atomic mass is 10.2. The summed E-state index contributed by atoms with van der Waals surface area (Å²) in [5, 5.41) is 8.53. The van der Waals surface area contributed by atoms with Gasteiger partial charge in [0.25, 0.3) is 0 Å². The molecule has 0 saturated carbocycles. The first-order valence-corrected chi connectivity index (χ1v) is 6.60. The van der Waals surface area contributed by atoms with Crippen LogP contribution in [0.5, 0.6) is 11.5 Å². The van der Waals surface area contributed by atoms with Crippen LogP contribution in [0, 0.1) is 5.92 Å². The van der Waals surface area contributed by atoms with Gasteiger partial charge < -0.3 is 14.6 Å². The van der Waals surface area contributed by atoms with Gasteiger partial charge in [0.15, 0.2) is 0 Å². The number of thioether (sulfide) groups is 1. The van der Waals surface area contributed by atoms with E-state index in [1.165, 1.54) is 14.2 Å². The zero-order valence-corrected chi connectivity index (χ0v) is 11.8. The largest absolute Gasteiger partial charge is 0.496 e. The van der Waals surface area contributed by atoms with Gasteiger partial charge in [-0.05, 0) is 12.1 Å². The molecule has 0 aliphatic heterocycles. The molecule has 1 N–H and O–H groups in total. The van der Waals surface area contributed by atoms with Crippen LogP contribution in [-0.4, -0.2) is 36.2 Å². The lowest BCUT2D eigenvalue weighted by molar-refractivity contribution is -0.140. The van der Waals surface area contributed by atoms with Crippen LogP contribution in [0.4, 0.5) is 0 Å². The predicted molar refractivity (Wildman–Crippen MR) is 73.1 cm³/mol. The summed E-state index contributed by atoms with van der Waals surface area (Å²) in [4.78, 5) is 22.9. The van der Waals surface area contributed by atoms with Gasteiger partial charge in [-0.1, -0.05) is 24.8 Å². The maximum Gasteiger partial charge on any atom is 0.307 e.